The van der Waals surface area contributed by atoms with Gasteiger partial charge in [0.15, 0.2) is 0 Å². The number of piperidine rings is 1. The van der Waals surface area contributed by atoms with Gasteiger partial charge < -0.3 is 9.64 Å². The van der Waals surface area contributed by atoms with Crippen LogP contribution in [0.3, 0.4) is 0 Å². The van der Waals surface area contributed by atoms with Crippen molar-refractivity contribution in [2.75, 3.05) is 13.1 Å². The number of ether oxygens (including phenoxy) is 1. The zero-order valence-electron chi connectivity index (χ0n) is 14.9. The molecule has 24 heavy (non-hydrogen) atoms. The van der Waals surface area contributed by atoms with Gasteiger partial charge in [-0.1, -0.05) is 23.8 Å². The zero-order chi connectivity index (χ0) is 17.5. The lowest BCUT2D eigenvalue weighted by atomic mass is 9.73. The molecule has 3 rings (SSSR count). The highest BCUT2D eigenvalue weighted by molar-refractivity contribution is 5.92. The van der Waals surface area contributed by atoms with E-state index in [1.54, 1.807) is 4.90 Å². The molecule has 0 aromatic heterocycles. The highest BCUT2D eigenvalue weighted by Gasteiger charge is 2.44. The molecule has 1 aromatic rings. The minimum atomic E-state index is -0.475. The first kappa shape index (κ1) is 16.8. The summed E-state index contributed by atoms with van der Waals surface area (Å²) >= 11 is 0. The standard InChI is InChI=1S/C20H25NO3/c1-14-5-6-17-16(11-14)15(13-22)12-20(17)7-9-21(10-8-20)18(23)24-19(2,3)4/h5-6,11H,7-10,12H2,1-4H3. The molecule has 0 atom stereocenters. The Hall–Kier alpha value is -2.06. The molecule has 1 saturated heterocycles. The number of nitrogens with zero attached hydrogens (tertiary/aromatic N) is 1. The van der Waals surface area contributed by atoms with Crippen molar-refractivity contribution in [3.63, 3.8) is 0 Å². The molecule has 1 heterocycles. The van der Waals surface area contributed by atoms with Crippen molar-refractivity contribution in [1.29, 1.82) is 0 Å². The lowest BCUT2D eigenvalue weighted by molar-refractivity contribution is 0.0168. The summed E-state index contributed by atoms with van der Waals surface area (Å²) in [6.07, 6.45) is 2.20. The SMILES string of the molecule is Cc1ccc2c(c1)C(=C=O)CC21CCN(C(=O)OC(C)(C)C)CC1. The molecular formula is C20H25NO3. The molecule has 2 aliphatic rings. The third kappa shape index (κ3) is 2.99. The van der Waals surface area contributed by atoms with Crippen molar-refractivity contribution in [2.24, 2.45) is 0 Å². The number of benzene rings is 1. The number of carbonyl (C=O) groups is 1. The number of allylic oxidation sites excluding steroid dienone is 1. The Morgan fingerprint density at radius 1 is 1.25 bits per heavy atom. The van der Waals surface area contributed by atoms with Crippen LogP contribution in [0.25, 0.3) is 5.57 Å². The number of carbonyl (C=O) groups excluding carboxylic acids is 2. The second-order valence-corrected chi connectivity index (χ2v) is 8.05. The van der Waals surface area contributed by atoms with Gasteiger partial charge in [-0.05, 0) is 58.1 Å². The third-order valence-electron chi connectivity index (χ3n) is 5.08. The van der Waals surface area contributed by atoms with Crippen LogP contribution < -0.4 is 0 Å². The number of aryl methyl sites for hydroxylation is 1. The van der Waals surface area contributed by atoms with Crippen molar-refractivity contribution in [1.82, 2.24) is 4.90 Å². The van der Waals surface area contributed by atoms with Crippen LogP contribution in [0.5, 0.6) is 0 Å². The van der Waals surface area contributed by atoms with E-state index < -0.39 is 5.60 Å². The molecule has 0 saturated carbocycles. The van der Waals surface area contributed by atoms with Gasteiger partial charge >= 0.3 is 6.09 Å². The van der Waals surface area contributed by atoms with E-state index in [0.717, 1.165) is 36.0 Å². The monoisotopic (exact) mass is 327 g/mol. The summed E-state index contributed by atoms with van der Waals surface area (Å²) in [6, 6.07) is 6.34. The second-order valence-electron chi connectivity index (χ2n) is 8.05. The molecule has 0 radical (unpaired) electrons. The molecule has 1 fully saturated rings. The highest BCUT2D eigenvalue weighted by atomic mass is 16.6. The fraction of sp³-hybridized carbons (Fsp3) is 0.550. The van der Waals surface area contributed by atoms with E-state index in [9.17, 15) is 9.59 Å². The van der Waals surface area contributed by atoms with Crippen LogP contribution in [0.2, 0.25) is 0 Å². The Kier molecular flexibility index (Phi) is 4.05. The first-order valence-electron chi connectivity index (χ1n) is 8.57. The normalized spacial score (nSPS) is 19.2. The van der Waals surface area contributed by atoms with Crippen LogP contribution in [0, 0.1) is 6.92 Å². The summed E-state index contributed by atoms with van der Waals surface area (Å²) in [5.41, 5.74) is 3.72. The summed E-state index contributed by atoms with van der Waals surface area (Å²) in [5.74, 6) is 2.15. The van der Waals surface area contributed by atoms with Gasteiger partial charge in [-0.3, -0.25) is 0 Å². The Morgan fingerprint density at radius 2 is 1.92 bits per heavy atom. The maximum atomic E-state index is 12.3. The molecule has 4 heteroatoms. The van der Waals surface area contributed by atoms with Gasteiger partial charge in [0, 0.05) is 24.1 Å². The van der Waals surface area contributed by atoms with E-state index in [0.29, 0.717) is 13.1 Å². The van der Waals surface area contributed by atoms with Crippen LogP contribution >= 0.6 is 0 Å². The summed E-state index contributed by atoms with van der Waals surface area (Å²) < 4.78 is 5.48. The summed E-state index contributed by atoms with van der Waals surface area (Å²) in [7, 11) is 0. The van der Waals surface area contributed by atoms with Crippen molar-refractivity contribution >= 4 is 17.6 Å². The number of fused-ring (bicyclic) bond motifs is 2. The van der Waals surface area contributed by atoms with Crippen molar-refractivity contribution in [3.8, 4) is 0 Å². The molecule has 1 aromatic carbocycles. The lowest BCUT2D eigenvalue weighted by Crippen LogP contribution is -2.46. The van der Waals surface area contributed by atoms with Crippen molar-refractivity contribution in [3.05, 3.63) is 34.9 Å². The van der Waals surface area contributed by atoms with Gasteiger partial charge in [0.2, 0.25) is 0 Å². The number of hydrogen-bond acceptors (Lipinski definition) is 3. The van der Waals surface area contributed by atoms with E-state index in [1.807, 2.05) is 27.7 Å². The van der Waals surface area contributed by atoms with Crippen molar-refractivity contribution in [2.45, 2.75) is 58.0 Å². The zero-order valence-corrected chi connectivity index (χ0v) is 14.9. The average molecular weight is 327 g/mol. The number of rotatable bonds is 0. The number of amides is 1. The molecule has 128 valence electrons. The topological polar surface area (TPSA) is 46.6 Å². The van der Waals surface area contributed by atoms with Crippen LogP contribution in [0.4, 0.5) is 4.79 Å². The molecule has 0 N–H and O–H groups in total. The predicted molar refractivity (Wildman–Crippen MR) is 93.6 cm³/mol. The lowest BCUT2D eigenvalue weighted by Gasteiger charge is -2.40. The quantitative estimate of drug-likeness (QED) is 0.679. The predicted octanol–water partition coefficient (Wildman–Crippen LogP) is 3.88. The molecule has 0 bridgehead atoms. The molecular weight excluding hydrogens is 302 g/mol. The fourth-order valence-electron chi connectivity index (χ4n) is 3.88. The van der Waals surface area contributed by atoms with Gasteiger partial charge in [0.05, 0.1) is 0 Å². The average Bonchev–Trinajstić information content (AvgIpc) is 2.79. The van der Waals surface area contributed by atoms with Gasteiger partial charge in [0.1, 0.15) is 11.5 Å². The third-order valence-corrected chi connectivity index (χ3v) is 5.08. The minimum absolute atomic E-state index is 0.0334. The maximum absolute atomic E-state index is 12.3. The van der Waals surface area contributed by atoms with Gasteiger partial charge in [-0.2, -0.15) is 0 Å². The number of likely N-dealkylation sites (tertiary alicyclic amines) is 1. The van der Waals surface area contributed by atoms with Crippen molar-refractivity contribution < 1.29 is 14.3 Å². The molecule has 1 aliphatic carbocycles. The highest BCUT2D eigenvalue weighted by Crippen LogP contribution is 2.50. The largest absolute Gasteiger partial charge is 0.444 e. The Labute approximate surface area is 143 Å². The van der Waals surface area contributed by atoms with E-state index in [-0.39, 0.29) is 11.5 Å². The molecule has 4 nitrogen and oxygen atoms in total. The number of hydrogen-bond donors (Lipinski definition) is 0. The van der Waals surface area contributed by atoms with E-state index >= 15 is 0 Å². The Bertz CT molecular complexity index is 715. The Morgan fingerprint density at radius 3 is 2.50 bits per heavy atom. The van der Waals surface area contributed by atoms with Gasteiger partial charge in [-0.25, -0.2) is 9.59 Å². The maximum Gasteiger partial charge on any atom is 0.410 e. The molecule has 1 spiro atoms. The van der Waals surface area contributed by atoms with E-state index in [4.69, 9.17) is 4.74 Å². The first-order valence-corrected chi connectivity index (χ1v) is 8.57. The first-order chi connectivity index (χ1) is 11.2. The summed E-state index contributed by atoms with van der Waals surface area (Å²) in [6.45, 7) is 9.01. The molecule has 1 aliphatic heterocycles. The summed E-state index contributed by atoms with van der Waals surface area (Å²) in [5, 5.41) is 0. The summed E-state index contributed by atoms with van der Waals surface area (Å²) in [4.78, 5) is 25.4. The minimum Gasteiger partial charge on any atom is -0.444 e. The smallest absolute Gasteiger partial charge is 0.410 e. The van der Waals surface area contributed by atoms with Crippen LogP contribution in [0.15, 0.2) is 18.2 Å². The second kappa shape index (κ2) is 5.78. The Balaban J connectivity index is 1.80. The van der Waals surface area contributed by atoms with Gasteiger partial charge in [0.25, 0.3) is 0 Å². The van der Waals surface area contributed by atoms with E-state index in [1.165, 1.54) is 5.56 Å². The molecule has 1 amide bonds. The van der Waals surface area contributed by atoms with E-state index in [2.05, 4.69) is 24.1 Å². The molecule has 0 unspecified atom stereocenters. The van der Waals surface area contributed by atoms with Crippen LogP contribution in [0.1, 0.15) is 56.7 Å². The van der Waals surface area contributed by atoms with Gasteiger partial charge in [-0.15, -0.1) is 0 Å². The fourth-order valence-corrected chi connectivity index (χ4v) is 3.88. The van der Waals surface area contributed by atoms with Crippen LogP contribution in [-0.2, 0) is 14.9 Å². The van der Waals surface area contributed by atoms with Crippen LogP contribution in [-0.4, -0.2) is 35.6 Å².